The van der Waals surface area contributed by atoms with Crippen molar-refractivity contribution in [3.63, 3.8) is 0 Å². The first kappa shape index (κ1) is 19.4. The summed E-state index contributed by atoms with van der Waals surface area (Å²) in [6.07, 6.45) is 2.53. The van der Waals surface area contributed by atoms with Crippen molar-refractivity contribution in [2.45, 2.75) is 19.3 Å². The Morgan fingerprint density at radius 1 is 1.12 bits per heavy atom. The molecule has 3 rings (SSSR count). The standard InChI is InChI=1S/C18H21N3O2S.ClH/c22-17(8-7-13-9-10-19-12-13)20-14-4-1-2-5-15(14)21-18(23)16-6-3-11-24-16;/h1-6,11,13,19H,7-10,12H2,(H,20,22)(H,21,23);1H. The van der Waals surface area contributed by atoms with E-state index in [0.29, 0.717) is 28.6 Å². The molecule has 2 heterocycles. The number of halogens is 1. The predicted molar refractivity (Wildman–Crippen MR) is 105 cm³/mol. The summed E-state index contributed by atoms with van der Waals surface area (Å²) in [5.41, 5.74) is 1.25. The second kappa shape index (κ2) is 9.56. The molecule has 1 atom stereocenters. The van der Waals surface area contributed by atoms with E-state index in [-0.39, 0.29) is 24.2 Å². The van der Waals surface area contributed by atoms with Crippen molar-refractivity contribution >= 4 is 46.9 Å². The van der Waals surface area contributed by atoms with Crippen molar-refractivity contribution in [1.82, 2.24) is 5.32 Å². The normalized spacial score (nSPS) is 16.1. The second-order valence-electron chi connectivity index (χ2n) is 5.92. The maximum absolute atomic E-state index is 12.2. The summed E-state index contributed by atoms with van der Waals surface area (Å²) in [5, 5.41) is 10.9. The SMILES string of the molecule is Cl.O=C(CCC1CCNC1)Nc1ccccc1NC(=O)c1cccs1. The highest BCUT2D eigenvalue weighted by molar-refractivity contribution is 7.12. The molecule has 3 N–H and O–H groups in total. The molecule has 0 aliphatic carbocycles. The van der Waals surface area contributed by atoms with Crippen LogP contribution >= 0.6 is 23.7 Å². The van der Waals surface area contributed by atoms with Gasteiger partial charge in [-0.05, 0) is 55.4 Å². The third kappa shape index (κ3) is 5.56. The number of para-hydroxylation sites is 2. The van der Waals surface area contributed by atoms with E-state index in [9.17, 15) is 9.59 Å². The monoisotopic (exact) mass is 379 g/mol. The van der Waals surface area contributed by atoms with Gasteiger partial charge in [-0.15, -0.1) is 23.7 Å². The van der Waals surface area contributed by atoms with Gasteiger partial charge in [-0.25, -0.2) is 0 Å². The van der Waals surface area contributed by atoms with E-state index in [1.54, 1.807) is 18.2 Å². The topological polar surface area (TPSA) is 70.2 Å². The molecule has 25 heavy (non-hydrogen) atoms. The highest BCUT2D eigenvalue weighted by Gasteiger charge is 2.16. The number of carbonyl (C=O) groups is 2. The van der Waals surface area contributed by atoms with Crippen LogP contribution in [0.15, 0.2) is 41.8 Å². The fourth-order valence-corrected chi connectivity index (χ4v) is 3.42. The summed E-state index contributed by atoms with van der Waals surface area (Å²) >= 11 is 1.39. The molecule has 1 unspecified atom stereocenters. The van der Waals surface area contributed by atoms with Gasteiger partial charge in [0.1, 0.15) is 0 Å². The van der Waals surface area contributed by atoms with Crippen molar-refractivity contribution in [2.75, 3.05) is 23.7 Å². The maximum Gasteiger partial charge on any atom is 0.265 e. The Labute approximate surface area is 157 Å². The van der Waals surface area contributed by atoms with Crippen molar-refractivity contribution in [3.8, 4) is 0 Å². The third-order valence-electron chi connectivity index (χ3n) is 4.14. The Balaban J connectivity index is 0.00000225. The summed E-state index contributed by atoms with van der Waals surface area (Å²) in [7, 11) is 0. The molecule has 1 saturated heterocycles. The summed E-state index contributed by atoms with van der Waals surface area (Å²) in [5.74, 6) is 0.410. The lowest BCUT2D eigenvalue weighted by molar-refractivity contribution is -0.116. The fourth-order valence-electron chi connectivity index (χ4n) is 2.80. The van der Waals surface area contributed by atoms with Gasteiger partial charge in [0.05, 0.1) is 16.3 Å². The van der Waals surface area contributed by atoms with E-state index in [0.717, 1.165) is 25.9 Å². The summed E-state index contributed by atoms with van der Waals surface area (Å²) < 4.78 is 0. The molecule has 134 valence electrons. The van der Waals surface area contributed by atoms with Gasteiger partial charge in [-0.3, -0.25) is 9.59 Å². The molecule has 1 fully saturated rings. The lowest BCUT2D eigenvalue weighted by atomic mass is 10.0. The Hall–Kier alpha value is -1.89. The molecule has 1 aromatic carbocycles. The minimum atomic E-state index is -0.163. The van der Waals surface area contributed by atoms with Crippen LogP contribution in [-0.4, -0.2) is 24.9 Å². The van der Waals surface area contributed by atoms with Gasteiger partial charge in [0.15, 0.2) is 0 Å². The predicted octanol–water partition coefficient (Wildman–Crippen LogP) is 3.75. The minimum absolute atomic E-state index is 0. The van der Waals surface area contributed by atoms with Crippen LogP contribution in [0.5, 0.6) is 0 Å². The largest absolute Gasteiger partial charge is 0.324 e. The van der Waals surface area contributed by atoms with E-state index in [4.69, 9.17) is 0 Å². The fraction of sp³-hybridized carbons (Fsp3) is 0.333. The van der Waals surface area contributed by atoms with Crippen LogP contribution in [0.4, 0.5) is 11.4 Å². The molecule has 2 amide bonds. The van der Waals surface area contributed by atoms with Gasteiger partial charge in [0.2, 0.25) is 5.91 Å². The molecule has 1 aliphatic rings. The van der Waals surface area contributed by atoms with Crippen LogP contribution < -0.4 is 16.0 Å². The van der Waals surface area contributed by atoms with Crippen molar-refractivity contribution in [1.29, 1.82) is 0 Å². The second-order valence-corrected chi connectivity index (χ2v) is 6.87. The third-order valence-corrected chi connectivity index (χ3v) is 5.00. The maximum atomic E-state index is 12.2. The molecule has 1 aromatic heterocycles. The number of rotatable bonds is 6. The first-order valence-electron chi connectivity index (χ1n) is 8.17. The molecule has 2 aromatic rings. The number of carbonyl (C=O) groups excluding carboxylic acids is 2. The average molecular weight is 380 g/mol. The van der Waals surface area contributed by atoms with Gasteiger partial charge < -0.3 is 16.0 Å². The van der Waals surface area contributed by atoms with E-state index >= 15 is 0 Å². The van der Waals surface area contributed by atoms with Crippen LogP contribution in [-0.2, 0) is 4.79 Å². The summed E-state index contributed by atoms with van der Waals surface area (Å²) in [6.45, 7) is 2.05. The zero-order chi connectivity index (χ0) is 16.8. The summed E-state index contributed by atoms with van der Waals surface area (Å²) in [6, 6.07) is 10.9. The zero-order valence-corrected chi connectivity index (χ0v) is 15.4. The molecular weight excluding hydrogens is 358 g/mol. The Morgan fingerprint density at radius 3 is 2.52 bits per heavy atom. The zero-order valence-electron chi connectivity index (χ0n) is 13.8. The Kier molecular flexibility index (Phi) is 7.43. The van der Waals surface area contributed by atoms with E-state index in [2.05, 4.69) is 16.0 Å². The first-order chi connectivity index (χ1) is 11.7. The van der Waals surface area contributed by atoms with Gasteiger partial charge in [0, 0.05) is 6.42 Å². The van der Waals surface area contributed by atoms with Crippen LogP contribution in [0, 0.1) is 5.92 Å². The molecule has 7 heteroatoms. The van der Waals surface area contributed by atoms with E-state index in [1.807, 2.05) is 23.6 Å². The van der Waals surface area contributed by atoms with Gasteiger partial charge in [-0.2, -0.15) is 0 Å². The minimum Gasteiger partial charge on any atom is -0.324 e. The molecule has 0 spiro atoms. The Morgan fingerprint density at radius 2 is 1.88 bits per heavy atom. The smallest absolute Gasteiger partial charge is 0.265 e. The molecule has 5 nitrogen and oxygen atoms in total. The number of amides is 2. The Bertz CT molecular complexity index is 700. The molecule has 0 saturated carbocycles. The van der Waals surface area contributed by atoms with Gasteiger partial charge in [0.25, 0.3) is 5.91 Å². The average Bonchev–Trinajstić information content (AvgIpc) is 3.28. The van der Waals surface area contributed by atoms with Crippen molar-refractivity contribution in [3.05, 3.63) is 46.7 Å². The lowest BCUT2D eigenvalue weighted by Gasteiger charge is -2.13. The number of anilines is 2. The van der Waals surface area contributed by atoms with Crippen LogP contribution in [0.2, 0.25) is 0 Å². The van der Waals surface area contributed by atoms with E-state index < -0.39 is 0 Å². The number of nitrogens with one attached hydrogen (secondary N) is 3. The lowest BCUT2D eigenvalue weighted by Crippen LogP contribution is -2.17. The van der Waals surface area contributed by atoms with Crippen LogP contribution in [0.3, 0.4) is 0 Å². The first-order valence-corrected chi connectivity index (χ1v) is 9.05. The molecule has 1 aliphatic heterocycles. The van der Waals surface area contributed by atoms with Crippen LogP contribution in [0.25, 0.3) is 0 Å². The number of benzene rings is 1. The van der Waals surface area contributed by atoms with Crippen molar-refractivity contribution < 1.29 is 9.59 Å². The van der Waals surface area contributed by atoms with Crippen LogP contribution in [0.1, 0.15) is 28.9 Å². The van der Waals surface area contributed by atoms with Crippen molar-refractivity contribution in [2.24, 2.45) is 5.92 Å². The molecule has 0 radical (unpaired) electrons. The van der Waals surface area contributed by atoms with E-state index in [1.165, 1.54) is 11.3 Å². The van der Waals surface area contributed by atoms with Gasteiger partial charge >= 0.3 is 0 Å². The molecular formula is C18H22ClN3O2S. The van der Waals surface area contributed by atoms with Gasteiger partial charge in [-0.1, -0.05) is 18.2 Å². The molecule has 0 bridgehead atoms. The highest BCUT2D eigenvalue weighted by atomic mass is 35.5. The number of hydrogen-bond donors (Lipinski definition) is 3. The number of hydrogen-bond acceptors (Lipinski definition) is 4. The summed E-state index contributed by atoms with van der Waals surface area (Å²) in [4.78, 5) is 25.0. The highest BCUT2D eigenvalue weighted by Crippen LogP contribution is 2.23. The number of thiophene rings is 1. The quantitative estimate of drug-likeness (QED) is 0.715.